The number of ether oxygens (including phenoxy) is 3. The molecule has 0 radical (unpaired) electrons. The largest absolute Gasteiger partial charge is 0.497 e. The van der Waals surface area contributed by atoms with Gasteiger partial charge < -0.3 is 24.8 Å². The van der Waals surface area contributed by atoms with Crippen LogP contribution in [0.15, 0.2) is 18.2 Å². The topological polar surface area (TPSA) is 68.8 Å². The first kappa shape index (κ1) is 15.6. The number of methoxy groups -OCH3 is 2. The lowest BCUT2D eigenvalue weighted by Crippen LogP contribution is -2.59. The van der Waals surface area contributed by atoms with Crippen molar-refractivity contribution in [2.45, 2.75) is 19.1 Å². The smallest absolute Gasteiger partial charge is 0.246 e. The molecule has 0 atom stereocenters. The summed E-state index contributed by atoms with van der Waals surface area (Å²) in [6.07, 6.45) is 0. The lowest BCUT2D eigenvalue weighted by atomic mass is 10.0. The van der Waals surface area contributed by atoms with Gasteiger partial charge in [-0.25, -0.2) is 0 Å². The minimum Gasteiger partial charge on any atom is -0.497 e. The van der Waals surface area contributed by atoms with Crippen molar-refractivity contribution in [1.82, 2.24) is 10.6 Å². The number of rotatable bonds is 7. The second-order valence-corrected chi connectivity index (χ2v) is 5.30. The minimum absolute atomic E-state index is 0.0661. The highest BCUT2D eigenvalue weighted by molar-refractivity contribution is 5.77. The highest BCUT2D eigenvalue weighted by Crippen LogP contribution is 2.24. The average Bonchev–Trinajstić information content (AvgIpc) is 2.48. The Morgan fingerprint density at radius 3 is 2.67 bits per heavy atom. The molecule has 1 saturated heterocycles. The van der Waals surface area contributed by atoms with Crippen molar-refractivity contribution in [3.05, 3.63) is 23.8 Å². The fourth-order valence-corrected chi connectivity index (χ4v) is 2.06. The zero-order valence-corrected chi connectivity index (χ0v) is 12.7. The molecule has 21 heavy (non-hydrogen) atoms. The van der Waals surface area contributed by atoms with E-state index in [0.717, 1.165) is 24.4 Å². The van der Waals surface area contributed by atoms with Gasteiger partial charge in [0.15, 0.2) is 0 Å². The Morgan fingerprint density at radius 1 is 1.33 bits per heavy atom. The summed E-state index contributed by atoms with van der Waals surface area (Å²) in [4.78, 5) is 11.8. The molecule has 1 aliphatic rings. The predicted molar refractivity (Wildman–Crippen MR) is 78.6 cm³/mol. The molecule has 1 aromatic carbocycles. The summed E-state index contributed by atoms with van der Waals surface area (Å²) in [5, 5.41) is 5.95. The van der Waals surface area contributed by atoms with Gasteiger partial charge in [0.25, 0.3) is 0 Å². The van der Waals surface area contributed by atoms with E-state index < -0.39 is 0 Å². The lowest BCUT2D eigenvalue weighted by Gasteiger charge is -2.38. The van der Waals surface area contributed by atoms with Crippen molar-refractivity contribution in [2.75, 3.05) is 33.9 Å². The third-order valence-electron chi connectivity index (χ3n) is 3.52. The van der Waals surface area contributed by atoms with Crippen LogP contribution in [0, 0.1) is 0 Å². The van der Waals surface area contributed by atoms with Crippen LogP contribution in [-0.4, -0.2) is 45.4 Å². The van der Waals surface area contributed by atoms with Crippen LogP contribution >= 0.6 is 0 Å². The molecule has 2 rings (SSSR count). The Kier molecular flexibility index (Phi) is 5.03. The van der Waals surface area contributed by atoms with Gasteiger partial charge in [-0.2, -0.15) is 0 Å². The molecular formula is C15H22N2O4. The second-order valence-electron chi connectivity index (χ2n) is 5.30. The van der Waals surface area contributed by atoms with E-state index in [1.54, 1.807) is 20.3 Å². The van der Waals surface area contributed by atoms with Gasteiger partial charge in [0.1, 0.15) is 18.1 Å². The third kappa shape index (κ3) is 4.09. The summed E-state index contributed by atoms with van der Waals surface area (Å²) < 4.78 is 16.0. The molecule has 1 aromatic rings. The zero-order chi connectivity index (χ0) is 15.3. The van der Waals surface area contributed by atoms with Gasteiger partial charge in [-0.3, -0.25) is 4.79 Å². The molecule has 116 valence electrons. The number of carbonyl (C=O) groups excluding carboxylic acids is 1. The highest BCUT2D eigenvalue weighted by Gasteiger charge is 2.32. The number of hydrogen-bond acceptors (Lipinski definition) is 5. The van der Waals surface area contributed by atoms with Crippen LogP contribution in [0.2, 0.25) is 0 Å². The summed E-state index contributed by atoms with van der Waals surface area (Å²) in [7, 11) is 3.19. The van der Waals surface area contributed by atoms with Crippen LogP contribution in [-0.2, 0) is 16.1 Å². The van der Waals surface area contributed by atoms with Crippen LogP contribution in [0.25, 0.3) is 0 Å². The fraction of sp³-hybridized carbons (Fsp3) is 0.533. The molecule has 1 amide bonds. The van der Waals surface area contributed by atoms with Crippen molar-refractivity contribution in [3.8, 4) is 11.5 Å². The number of hydrogen-bond donors (Lipinski definition) is 2. The van der Waals surface area contributed by atoms with Gasteiger partial charge in [0.05, 0.1) is 19.8 Å². The first-order valence-corrected chi connectivity index (χ1v) is 6.88. The van der Waals surface area contributed by atoms with E-state index in [0.29, 0.717) is 12.3 Å². The molecule has 0 bridgehead atoms. The summed E-state index contributed by atoms with van der Waals surface area (Å²) in [6, 6.07) is 5.50. The van der Waals surface area contributed by atoms with E-state index in [4.69, 9.17) is 14.2 Å². The number of amides is 1. The van der Waals surface area contributed by atoms with E-state index in [1.807, 2.05) is 19.1 Å². The third-order valence-corrected chi connectivity index (χ3v) is 3.52. The van der Waals surface area contributed by atoms with Crippen molar-refractivity contribution in [2.24, 2.45) is 0 Å². The normalized spacial score (nSPS) is 16.0. The van der Waals surface area contributed by atoms with Crippen molar-refractivity contribution < 1.29 is 19.0 Å². The van der Waals surface area contributed by atoms with Crippen LogP contribution in [0.1, 0.15) is 12.5 Å². The Morgan fingerprint density at radius 2 is 2.10 bits per heavy atom. The van der Waals surface area contributed by atoms with Crippen molar-refractivity contribution >= 4 is 5.91 Å². The minimum atomic E-state index is -0.213. The number of benzene rings is 1. The molecule has 0 saturated carbocycles. The van der Waals surface area contributed by atoms with E-state index in [1.165, 1.54) is 0 Å². The molecule has 1 aliphatic heterocycles. The summed E-state index contributed by atoms with van der Waals surface area (Å²) in [5.74, 6) is 1.27. The summed E-state index contributed by atoms with van der Waals surface area (Å²) >= 11 is 0. The molecule has 0 spiro atoms. The molecule has 2 N–H and O–H groups in total. The van der Waals surface area contributed by atoms with E-state index in [9.17, 15) is 4.79 Å². The van der Waals surface area contributed by atoms with Gasteiger partial charge in [0, 0.05) is 31.3 Å². The zero-order valence-electron chi connectivity index (χ0n) is 12.7. The summed E-state index contributed by atoms with van der Waals surface area (Å²) in [5.41, 5.74) is 0.679. The van der Waals surface area contributed by atoms with E-state index >= 15 is 0 Å². The Hall–Kier alpha value is -1.79. The number of nitrogens with one attached hydrogen (secondary N) is 2. The van der Waals surface area contributed by atoms with Crippen molar-refractivity contribution in [1.29, 1.82) is 0 Å². The first-order valence-electron chi connectivity index (χ1n) is 6.88. The Balaban J connectivity index is 1.83. The maximum atomic E-state index is 11.8. The molecule has 1 heterocycles. The quantitative estimate of drug-likeness (QED) is 0.775. The second kappa shape index (κ2) is 6.78. The molecule has 0 aliphatic carbocycles. The van der Waals surface area contributed by atoms with Gasteiger partial charge in [-0.1, -0.05) is 0 Å². The molecule has 1 fully saturated rings. The van der Waals surface area contributed by atoms with Gasteiger partial charge in [0.2, 0.25) is 5.91 Å². The predicted octanol–water partition coefficient (Wildman–Crippen LogP) is 0.698. The fourth-order valence-electron chi connectivity index (χ4n) is 2.06. The molecule has 6 nitrogen and oxygen atoms in total. The monoisotopic (exact) mass is 294 g/mol. The SMILES string of the molecule is COc1ccc(CNC(=O)COC2(C)CNC2)c(OC)c1. The van der Waals surface area contributed by atoms with E-state index in [-0.39, 0.29) is 18.1 Å². The standard InChI is InChI=1S/C15H22N2O4/c1-15(9-16-10-15)21-8-14(18)17-7-11-4-5-12(19-2)6-13(11)20-3/h4-6,16H,7-10H2,1-3H3,(H,17,18). The summed E-state index contributed by atoms with van der Waals surface area (Å²) in [6.45, 7) is 4.02. The van der Waals surface area contributed by atoms with Crippen LogP contribution in [0.4, 0.5) is 0 Å². The molecular weight excluding hydrogens is 272 g/mol. The van der Waals surface area contributed by atoms with E-state index in [2.05, 4.69) is 10.6 Å². The Bertz CT molecular complexity index is 500. The number of carbonyl (C=O) groups is 1. The van der Waals surface area contributed by atoms with Gasteiger partial charge in [-0.05, 0) is 19.1 Å². The van der Waals surface area contributed by atoms with Gasteiger partial charge in [-0.15, -0.1) is 0 Å². The first-order chi connectivity index (χ1) is 10.1. The average molecular weight is 294 g/mol. The molecule has 6 heteroatoms. The maximum absolute atomic E-state index is 11.8. The highest BCUT2D eigenvalue weighted by atomic mass is 16.5. The van der Waals surface area contributed by atoms with Crippen LogP contribution in [0.3, 0.4) is 0 Å². The maximum Gasteiger partial charge on any atom is 0.246 e. The van der Waals surface area contributed by atoms with Crippen LogP contribution < -0.4 is 20.1 Å². The van der Waals surface area contributed by atoms with Gasteiger partial charge >= 0.3 is 0 Å². The van der Waals surface area contributed by atoms with Crippen molar-refractivity contribution in [3.63, 3.8) is 0 Å². The molecule has 0 aromatic heterocycles. The van der Waals surface area contributed by atoms with Crippen LogP contribution in [0.5, 0.6) is 11.5 Å². The lowest BCUT2D eigenvalue weighted by molar-refractivity contribution is -0.136. The Labute approximate surface area is 124 Å². The molecule has 0 unspecified atom stereocenters.